The number of carbonyl (C=O) groups is 1. The Bertz CT molecular complexity index is 1380. The van der Waals surface area contributed by atoms with Crippen molar-refractivity contribution in [3.8, 4) is 5.88 Å². The maximum atomic E-state index is 11.6. The Hall–Kier alpha value is -3.34. The normalized spacial score (nSPS) is 18.6. The van der Waals surface area contributed by atoms with Crippen LogP contribution in [0.2, 0.25) is 0 Å². The van der Waals surface area contributed by atoms with Crippen molar-refractivity contribution >= 4 is 28.3 Å². The SMILES string of the molecule is O=C(O)c1ccc2nc(CN3CCC(c4cccc(OCc5nccs5)n4)CC3)n(C[C@@H]3CCO3)c2c1. The predicted octanol–water partition coefficient (Wildman–Crippen LogP) is 4.33. The minimum absolute atomic E-state index is 0.159. The number of rotatable bonds is 9. The molecule has 6 rings (SSSR count). The van der Waals surface area contributed by atoms with Crippen LogP contribution in [0.15, 0.2) is 48.0 Å². The number of piperidine rings is 1. The van der Waals surface area contributed by atoms with Gasteiger partial charge < -0.3 is 19.1 Å². The van der Waals surface area contributed by atoms with Crippen LogP contribution in [-0.2, 0) is 24.4 Å². The van der Waals surface area contributed by atoms with E-state index in [0.29, 0.717) is 24.9 Å². The van der Waals surface area contributed by atoms with Crippen molar-refractivity contribution < 1.29 is 19.4 Å². The summed E-state index contributed by atoms with van der Waals surface area (Å²) < 4.78 is 13.7. The lowest BCUT2D eigenvalue weighted by atomic mass is 9.93. The van der Waals surface area contributed by atoms with Crippen LogP contribution in [0.3, 0.4) is 0 Å². The number of carboxylic acids is 1. The van der Waals surface area contributed by atoms with Crippen LogP contribution in [0.5, 0.6) is 5.88 Å². The zero-order valence-electron chi connectivity index (χ0n) is 20.5. The van der Waals surface area contributed by atoms with Crippen molar-refractivity contribution in [1.82, 2.24) is 24.4 Å². The fourth-order valence-electron chi connectivity index (χ4n) is 5.05. The Balaban J connectivity index is 1.12. The third-order valence-electron chi connectivity index (χ3n) is 7.20. The van der Waals surface area contributed by atoms with E-state index in [1.807, 2.05) is 23.6 Å². The number of carboxylic acid groups (broad SMARTS) is 1. The highest BCUT2D eigenvalue weighted by atomic mass is 32.1. The molecule has 2 aliphatic rings. The van der Waals surface area contributed by atoms with Gasteiger partial charge in [-0.15, -0.1) is 11.3 Å². The lowest BCUT2D eigenvalue weighted by Crippen LogP contribution is -2.35. The van der Waals surface area contributed by atoms with Gasteiger partial charge in [0.15, 0.2) is 0 Å². The summed E-state index contributed by atoms with van der Waals surface area (Å²) in [5.74, 6) is 1.06. The molecule has 2 saturated heterocycles. The molecule has 37 heavy (non-hydrogen) atoms. The molecule has 3 aromatic heterocycles. The van der Waals surface area contributed by atoms with Gasteiger partial charge in [0.1, 0.15) is 17.4 Å². The third kappa shape index (κ3) is 5.36. The topological polar surface area (TPSA) is 103 Å². The summed E-state index contributed by atoms with van der Waals surface area (Å²) in [7, 11) is 0. The molecule has 2 fully saturated rings. The molecule has 192 valence electrons. The van der Waals surface area contributed by atoms with Crippen LogP contribution >= 0.6 is 11.3 Å². The molecule has 0 spiro atoms. The largest absolute Gasteiger partial charge is 0.478 e. The number of likely N-dealkylation sites (tertiary alicyclic amines) is 1. The summed E-state index contributed by atoms with van der Waals surface area (Å²) in [6.07, 6.45) is 4.98. The number of pyridine rings is 1. The number of imidazole rings is 1. The smallest absolute Gasteiger partial charge is 0.335 e. The average molecular weight is 520 g/mol. The molecule has 9 nitrogen and oxygen atoms in total. The second-order valence-electron chi connectivity index (χ2n) is 9.59. The summed E-state index contributed by atoms with van der Waals surface area (Å²) >= 11 is 1.58. The first kappa shape index (κ1) is 24.0. The zero-order valence-corrected chi connectivity index (χ0v) is 21.3. The van der Waals surface area contributed by atoms with E-state index in [1.54, 1.807) is 29.7 Å². The number of fused-ring (bicyclic) bond motifs is 1. The minimum atomic E-state index is -0.926. The summed E-state index contributed by atoms with van der Waals surface area (Å²) in [5.41, 5.74) is 3.04. The van der Waals surface area contributed by atoms with Crippen LogP contribution in [-0.4, -0.2) is 61.3 Å². The van der Waals surface area contributed by atoms with Gasteiger partial charge in [0, 0.05) is 35.9 Å². The van der Waals surface area contributed by atoms with Crippen molar-refractivity contribution in [2.24, 2.45) is 0 Å². The average Bonchev–Trinajstić information content (AvgIpc) is 3.53. The summed E-state index contributed by atoms with van der Waals surface area (Å²) in [5, 5.41) is 12.4. The van der Waals surface area contributed by atoms with Gasteiger partial charge in [-0.05, 0) is 56.6 Å². The van der Waals surface area contributed by atoms with E-state index in [4.69, 9.17) is 19.4 Å². The number of nitrogens with zero attached hydrogens (tertiary/aromatic N) is 5. The fraction of sp³-hybridized carbons (Fsp3) is 0.407. The van der Waals surface area contributed by atoms with E-state index in [0.717, 1.165) is 73.1 Å². The van der Waals surface area contributed by atoms with Gasteiger partial charge in [0.25, 0.3) is 0 Å². The first-order valence-corrected chi connectivity index (χ1v) is 13.5. The molecular weight excluding hydrogens is 490 g/mol. The predicted molar refractivity (Wildman–Crippen MR) is 139 cm³/mol. The maximum Gasteiger partial charge on any atom is 0.335 e. The Morgan fingerprint density at radius 2 is 2.03 bits per heavy atom. The van der Waals surface area contributed by atoms with Crippen LogP contribution in [0.4, 0.5) is 0 Å². The van der Waals surface area contributed by atoms with Crippen LogP contribution in [0.25, 0.3) is 11.0 Å². The van der Waals surface area contributed by atoms with E-state index in [-0.39, 0.29) is 11.7 Å². The van der Waals surface area contributed by atoms with Crippen LogP contribution < -0.4 is 4.74 Å². The van der Waals surface area contributed by atoms with Crippen LogP contribution in [0.1, 0.15) is 52.1 Å². The number of aromatic carboxylic acids is 1. The summed E-state index contributed by atoms with van der Waals surface area (Å²) in [6.45, 7) is 4.53. The Morgan fingerprint density at radius 1 is 1.16 bits per heavy atom. The molecule has 1 atom stereocenters. The Morgan fingerprint density at radius 3 is 2.76 bits per heavy atom. The number of thiazole rings is 1. The maximum absolute atomic E-state index is 11.6. The molecular formula is C27H29N5O4S. The molecule has 1 aromatic carbocycles. The second-order valence-corrected chi connectivity index (χ2v) is 10.6. The molecule has 5 heterocycles. The molecule has 10 heteroatoms. The number of ether oxygens (including phenoxy) is 2. The summed E-state index contributed by atoms with van der Waals surface area (Å²) in [6, 6.07) is 11.2. The first-order valence-electron chi connectivity index (χ1n) is 12.7. The van der Waals surface area contributed by atoms with Crippen molar-refractivity contribution in [1.29, 1.82) is 0 Å². The van der Waals surface area contributed by atoms with Crippen molar-refractivity contribution in [2.75, 3.05) is 19.7 Å². The fourth-order valence-corrected chi connectivity index (χ4v) is 5.58. The Kier molecular flexibility index (Phi) is 6.86. The molecule has 1 N–H and O–H groups in total. The van der Waals surface area contributed by atoms with Gasteiger partial charge in [0.05, 0.1) is 35.8 Å². The monoisotopic (exact) mass is 519 g/mol. The molecule has 0 amide bonds. The third-order valence-corrected chi connectivity index (χ3v) is 7.95. The molecule has 0 radical (unpaired) electrons. The van der Waals surface area contributed by atoms with E-state index in [1.165, 1.54) is 0 Å². The van der Waals surface area contributed by atoms with E-state index < -0.39 is 5.97 Å². The van der Waals surface area contributed by atoms with Crippen molar-refractivity contribution in [3.63, 3.8) is 0 Å². The first-order chi connectivity index (χ1) is 18.1. The highest BCUT2D eigenvalue weighted by Gasteiger charge is 2.26. The zero-order chi connectivity index (χ0) is 25.2. The quantitative estimate of drug-likeness (QED) is 0.349. The van der Waals surface area contributed by atoms with E-state index >= 15 is 0 Å². The molecule has 4 aromatic rings. The van der Waals surface area contributed by atoms with Crippen molar-refractivity contribution in [3.05, 3.63) is 70.1 Å². The lowest BCUT2D eigenvalue weighted by molar-refractivity contribution is -0.0592. The lowest BCUT2D eigenvalue weighted by Gasteiger charge is -2.32. The molecule has 0 aliphatic carbocycles. The van der Waals surface area contributed by atoms with Gasteiger partial charge in [-0.2, -0.15) is 0 Å². The van der Waals surface area contributed by atoms with Gasteiger partial charge in [-0.1, -0.05) is 6.07 Å². The van der Waals surface area contributed by atoms with Gasteiger partial charge in [-0.3, -0.25) is 4.90 Å². The van der Waals surface area contributed by atoms with Gasteiger partial charge >= 0.3 is 5.97 Å². The number of aromatic nitrogens is 4. The van der Waals surface area contributed by atoms with Crippen LogP contribution in [0, 0.1) is 0 Å². The number of benzene rings is 1. The number of hydrogen-bond donors (Lipinski definition) is 1. The van der Waals surface area contributed by atoms with Crippen molar-refractivity contribution in [2.45, 2.75) is 51.0 Å². The molecule has 0 saturated carbocycles. The van der Waals surface area contributed by atoms with Gasteiger partial charge in [-0.25, -0.2) is 19.7 Å². The highest BCUT2D eigenvalue weighted by molar-refractivity contribution is 7.09. The molecule has 0 unspecified atom stereocenters. The highest BCUT2D eigenvalue weighted by Crippen LogP contribution is 2.30. The second kappa shape index (κ2) is 10.6. The van der Waals surface area contributed by atoms with E-state index in [9.17, 15) is 9.90 Å². The molecule has 0 bridgehead atoms. The number of hydrogen-bond acceptors (Lipinski definition) is 8. The minimum Gasteiger partial charge on any atom is -0.478 e. The molecule has 2 aliphatic heterocycles. The Labute approximate surface area is 218 Å². The van der Waals surface area contributed by atoms with E-state index in [2.05, 4.69) is 20.5 Å². The van der Waals surface area contributed by atoms with Gasteiger partial charge in [0.2, 0.25) is 5.88 Å². The summed E-state index contributed by atoms with van der Waals surface area (Å²) in [4.78, 5) is 27.9. The standard InChI is InChI=1S/C27H29N5O4S/c33-27(34)19-4-5-22-23(14-19)32(15-20-8-12-35-20)24(29-22)16-31-10-6-18(7-11-31)21-2-1-3-25(30-21)36-17-26-28-9-13-37-26/h1-5,9,13-14,18,20H,6-8,10-12,15-17H2,(H,33,34)/t20-/m0/s1.